The summed E-state index contributed by atoms with van der Waals surface area (Å²) in [5.74, 6) is 0.813. The summed E-state index contributed by atoms with van der Waals surface area (Å²) in [4.78, 5) is 11.4. The van der Waals surface area contributed by atoms with E-state index in [1.807, 2.05) is 19.2 Å². The van der Waals surface area contributed by atoms with Gasteiger partial charge in [0.15, 0.2) is 0 Å². The minimum atomic E-state index is -0.230. The second-order valence-electron chi connectivity index (χ2n) is 7.07. The van der Waals surface area contributed by atoms with E-state index in [-0.39, 0.29) is 5.82 Å². The summed E-state index contributed by atoms with van der Waals surface area (Å²) in [6.07, 6.45) is 3.96. The van der Waals surface area contributed by atoms with Crippen molar-refractivity contribution in [1.82, 2.24) is 9.97 Å². The quantitative estimate of drug-likeness (QED) is 0.757. The highest BCUT2D eigenvalue weighted by atomic mass is 19.1. The molecule has 1 aromatic carbocycles. The van der Waals surface area contributed by atoms with E-state index < -0.39 is 0 Å². The third kappa shape index (κ3) is 3.47. The fourth-order valence-corrected chi connectivity index (χ4v) is 3.57. The molecule has 26 heavy (non-hydrogen) atoms. The molecule has 1 aliphatic rings. The number of rotatable bonds is 3. The van der Waals surface area contributed by atoms with Gasteiger partial charge in [-0.15, -0.1) is 0 Å². The van der Waals surface area contributed by atoms with Crippen LogP contribution >= 0.6 is 0 Å². The molecule has 1 saturated heterocycles. The van der Waals surface area contributed by atoms with Crippen molar-refractivity contribution in [3.05, 3.63) is 59.7 Å². The van der Waals surface area contributed by atoms with Crippen LogP contribution in [-0.2, 0) is 0 Å². The van der Waals surface area contributed by atoms with Crippen LogP contribution in [0.4, 0.5) is 15.9 Å². The van der Waals surface area contributed by atoms with Crippen LogP contribution in [0.2, 0.25) is 0 Å². The second kappa shape index (κ2) is 6.90. The summed E-state index contributed by atoms with van der Waals surface area (Å²) in [6.45, 7) is 5.95. The standard InChI is InChI=1S/C21H23FN4/c1-14-3-6-21(23-13-14)26-9-7-17(8-10-26)25-20-11-15(2)24-19-5-4-16(22)12-18(19)20/h3-6,11-13,17H,7-10H2,1-2H3,(H,24,25). The predicted molar refractivity (Wildman–Crippen MR) is 104 cm³/mol. The van der Waals surface area contributed by atoms with Crippen molar-refractivity contribution >= 4 is 22.4 Å². The Bertz CT molecular complexity index is 915. The smallest absolute Gasteiger partial charge is 0.128 e. The second-order valence-corrected chi connectivity index (χ2v) is 7.07. The number of anilines is 2. The molecule has 1 aliphatic heterocycles. The van der Waals surface area contributed by atoms with Gasteiger partial charge < -0.3 is 10.2 Å². The molecule has 0 unspecified atom stereocenters. The maximum absolute atomic E-state index is 13.7. The van der Waals surface area contributed by atoms with Crippen molar-refractivity contribution in [2.75, 3.05) is 23.3 Å². The van der Waals surface area contributed by atoms with Crippen LogP contribution < -0.4 is 10.2 Å². The molecular formula is C21H23FN4. The molecule has 0 spiro atoms. The number of nitrogens with zero attached hydrogens (tertiary/aromatic N) is 3. The van der Waals surface area contributed by atoms with E-state index in [9.17, 15) is 4.39 Å². The molecule has 1 fully saturated rings. The summed E-state index contributed by atoms with van der Waals surface area (Å²) in [6, 6.07) is 11.3. The molecule has 4 rings (SSSR count). The molecule has 1 N–H and O–H groups in total. The maximum atomic E-state index is 13.7. The summed E-state index contributed by atoms with van der Waals surface area (Å²) in [5, 5.41) is 4.46. The highest BCUT2D eigenvalue weighted by molar-refractivity contribution is 5.91. The number of pyridine rings is 2. The van der Waals surface area contributed by atoms with Gasteiger partial charge in [-0.2, -0.15) is 0 Å². The molecule has 3 aromatic rings. The van der Waals surface area contributed by atoms with Crippen molar-refractivity contribution in [2.45, 2.75) is 32.7 Å². The van der Waals surface area contributed by atoms with Gasteiger partial charge in [0.1, 0.15) is 11.6 Å². The third-order valence-corrected chi connectivity index (χ3v) is 4.97. The molecule has 0 atom stereocenters. The van der Waals surface area contributed by atoms with Crippen LogP contribution in [0.5, 0.6) is 0 Å². The van der Waals surface area contributed by atoms with Crippen LogP contribution in [0.25, 0.3) is 10.9 Å². The van der Waals surface area contributed by atoms with Crippen LogP contribution in [0.3, 0.4) is 0 Å². The lowest BCUT2D eigenvalue weighted by molar-refractivity contribution is 0.524. The topological polar surface area (TPSA) is 41.0 Å². The Morgan fingerprint density at radius 1 is 1.08 bits per heavy atom. The van der Waals surface area contributed by atoms with Gasteiger partial charge in [0.25, 0.3) is 0 Å². The van der Waals surface area contributed by atoms with Gasteiger partial charge in [-0.1, -0.05) is 6.07 Å². The van der Waals surface area contributed by atoms with E-state index in [2.05, 4.69) is 39.2 Å². The molecule has 0 aliphatic carbocycles. The van der Waals surface area contributed by atoms with Crippen molar-refractivity contribution in [2.24, 2.45) is 0 Å². The van der Waals surface area contributed by atoms with E-state index in [1.165, 1.54) is 11.6 Å². The van der Waals surface area contributed by atoms with Crippen LogP contribution in [-0.4, -0.2) is 29.1 Å². The number of halogens is 1. The minimum Gasteiger partial charge on any atom is -0.382 e. The van der Waals surface area contributed by atoms with Crippen molar-refractivity contribution in [3.8, 4) is 0 Å². The van der Waals surface area contributed by atoms with Crippen molar-refractivity contribution in [1.29, 1.82) is 0 Å². The van der Waals surface area contributed by atoms with Crippen LogP contribution in [0.15, 0.2) is 42.6 Å². The highest BCUT2D eigenvalue weighted by Gasteiger charge is 2.20. The Labute approximate surface area is 153 Å². The fraction of sp³-hybridized carbons (Fsp3) is 0.333. The zero-order chi connectivity index (χ0) is 18.1. The van der Waals surface area contributed by atoms with E-state index in [1.54, 1.807) is 12.1 Å². The van der Waals surface area contributed by atoms with Gasteiger partial charge in [-0.3, -0.25) is 4.98 Å². The summed E-state index contributed by atoms with van der Waals surface area (Å²) in [5.41, 5.74) is 3.92. The molecule has 0 radical (unpaired) electrons. The van der Waals surface area contributed by atoms with E-state index in [0.717, 1.165) is 54.0 Å². The van der Waals surface area contributed by atoms with Crippen molar-refractivity contribution < 1.29 is 4.39 Å². The Morgan fingerprint density at radius 3 is 2.62 bits per heavy atom. The average Bonchev–Trinajstić information content (AvgIpc) is 2.64. The van der Waals surface area contributed by atoms with E-state index in [4.69, 9.17) is 0 Å². The summed E-state index contributed by atoms with van der Waals surface area (Å²) >= 11 is 0. The molecular weight excluding hydrogens is 327 g/mol. The monoisotopic (exact) mass is 350 g/mol. The van der Waals surface area contributed by atoms with Gasteiger partial charge in [-0.25, -0.2) is 9.37 Å². The molecule has 4 nitrogen and oxygen atoms in total. The summed E-state index contributed by atoms with van der Waals surface area (Å²) < 4.78 is 13.7. The Morgan fingerprint density at radius 2 is 1.88 bits per heavy atom. The SMILES string of the molecule is Cc1ccc(N2CCC(Nc3cc(C)nc4ccc(F)cc34)CC2)nc1. The lowest BCUT2D eigenvalue weighted by Gasteiger charge is -2.34. The van der Waals surface area contributed by atoms with Gasteiger partial charge >= 0.3 is 0 Å². The van der Waals surface area contributed by atoms with Gasteiger partial charge in [0.2, 0.25) is 0 Å². The first-order valence-corrected chi connectivity index (χ1v) is 9.09. The molecule has 0 saturated carbocycles. The van der Waals surface area contributed by atoms with E-state index >= 15 is 0 Å². The maximum Gasteiger partial charge on any atom is 0.128 e. The Balaban J connectivity index is 1.48. The lowest BCUT2D eigenvalue weighted by atomic mass is 10.0. The van der Waals surface area contributed by atoms with Gasteiger partial charge in [0.05, 0.1) is 5.52 Å². The number of benzene rings is 1. The summed E-state index contributed by atoms with van der Waals surface area (Å²) in [7, 11) is 0. The molecule has 3 heterocycles. The Kier molecular flexibility index (Phi) is 4.45. The number of nitrogens with one attached hydrogen (secondary N) is 1. The molecule has 5 heteroatoms. The van der Waals surface area contributed by atoms with Crippen LogP contribution in [0, 0.1) is 19.7 Å². The zero-order valence-corrected chi connectivity index (χ0v) is 15.2. The first-order valence-electron chi connectivity index (χ1n) is 9.09. The third-order valence-electron chi connectivity index (χ3n) is 4.97. The lowest BCUT2D eigenvalue weighted by Crippen LogP contribution is -2.39. The fourth-order valence-electron chi connectivity index (χ4n) is 3.57. The van der Waals surface area contributed by atoms with E-state index in [0.29, 0.717) is 6.04 Å². The molecule has 0 bridgehead atoms. The molecule has 134 valence electrons. The first-order chi connectivity index (χ1) is 12.6. The first kappa shape index (κ1) is 16.8. The van der Waals surface area contributed by atoms with Crippen LogP contribution in [0.1, 0.15) is 24.1 Å². The van der Waals surface area contributed by atoms with Gasteiger partial charge in [0, 0.05) is 42.1 Å². The number of piperidine rings is 1. The molecule has 2 aromatic heterocycles. The number of hydrogen-bond donors (Lipinski definition) is 1. The minimum absolute atomic E-state index is 0.230. The highest BCUT2D eigenvalue weighted by Crippen LogP contribution is 2.27. The number of aromatic nitrogens is 2. The Hall–Kier alpha value is -2.69. The zero-order valence-electron chi connectivity index (χ0n) is 15.2. The van der Waals surface area contributed by atoms with Crippen molar-refractivity contribution in [3.63, 3.8) is 0 Å². The largest absolute Gasteiger partial charge is 0.382 e. The predicted octanol–water partition coefficient (Wildman–Crippen LogP) is 4.47. The number of aryl methyl sites for hydroxylation is 2. The average molecular weight is 350 g/mol. The number of hydrogen-bond acceptors (Lipinski definition) is 4. The number of fused-ring (bicyclic) bond motifs is 1. The molecule has 0 amide bonds. The normalized spacial score (nSPS) is 15.4. The van der Waals surface area contributed by atoms with Gasteiger partial charge in [-0.05, 0) is 62.6 Å².